The van der Waals surface area contributed by atoms with Crippen LogP contribution in [0, 0.1) is 0 Å². The predicted octanol–water partition coefficient (Wildman–Crippen LogP) is 4.14. The Morgan fingerprint density at radius 1 is 1.03 bits per heavy atom. The SMILES string of the molecule is Cn1cc(-n2ncc3cc(N4C(=O)CC(Nc5nccs5)C4c4ccccc4)ccc32)ccc1=O. The van der Waals surface area contributed by atoms with E-state index >= 15 is 0 Å². The number of nitrogens with one attached hydrogen (secondary N) is 1. The minimum atomic E-state index is -0.177. The molecular formula is C26H22N6O2S. The molecule has 0 spiro atoms. The van der Waals surface area contributed by atoms with Crippen molar-refractivity contribution in [2.75, 3.05) is 10.2 Å². The molecule has 2 aromatic carbocycles. The largest absolute Gasteiger partial charge is 0.356 e. The summed E-state index contributed by atoms with van der Waals surface area (Å²) in [6.45, 7) is 0. The number of anilines is 2. The highest BCUT2D eigenvalue weighted by Gasteiger charge is 2.42. The summed E-state index contributed by atoms with van der Waals surface area (Å²) in [6, 6.07) is 19.0. The van der Waals surface area contributed by atoms with Crippen LogP contribution in [0.4, 0.5) is 10.8 Å². The van der Waals surface area contributed by atoms with Crippen molar-refractivity contribution in [2.45, 2.75) is 18.5 Å². The van der Waals surface area contributed by atoms with Crippen LogP contribution in [0.2, 0.25) is 0 Å². The maximum absolute atomic E-state index is 13.3. The lowest BCUT2D eigenvalue weighted by molar-refractivity contribution is -0.117. The van der Waals surface area contributed by atoms with Crippen LogP contribution in [0.5, 0.6) is 0 Å². The van der Waals surface area contributed by atoms with E-state index in [-0.39, 0.29) is 23.6 Å². The molecule has 4 heterocycles. The maximum Gasteiger partial charge on any atom is 0.250 e. The molecular weight excluding hydrogens is 460 g/mol. The second-order valence-corrected chi connectivity index (χ2v) is 9.44. The predicted molar refractivity (Wildman–Crippen MR) is 137 cm³/mol. The number of aryl methyl sites for hydroxylation is 1. The van der Waals surface area contributed by atoms with Crippen molar-refractivity contribution < 1.29 is 4.79 Å². The standard InChI is InChI=1S/C26H22N6O2S/c1-30-16-20(8-10-23(30)33)32-22-9-7-19(13-18(22)15-28-32)31-24(34)14-21(29-26-27-11-12-35-26)25(31)17-5-3-2-4-6-17/h2-13,15-16,21,25H,14H2,1H3,(H,27,29). The first-order valence-electron chi connectivity index (χ1n) is 11.3. The average molecular weight is 483 g/mol. The summed E-state index contributed by atoms with van der Waals surface area (Å²) in [4.78, 5) is 31.4. The van der Waals surface area contributed by atoms with Gasteiger partial charge in [0.1, 0.15) is 0 Å². The molecule has 1 amide bonds. The fourth-order valence-electron chi connectivity index (χ4n) is 4.73. The zero-order valence-corrected chi connectivity index (χ0v) is 19.7. The van der Waals surface area contributed by atoms with Crippen molar-refractivity contribution in [1.82, 2.24) is 19.3 Å². The molecule has 1 aliphatic rings. The Labute approximate surface area is 205 Å². The van der Waals surface area contributed by atoms with E-state index in [0.29, 0.717) is 6.42 Å². The molecule has 1 aliphatic heterocycles. The first-order chi connectivity index (χ1) is 17.1. The van der Waals surface area contributed by atoms with Gasteiger partial charge in [0.2, 0.25) is 11.5 Å². The van der Waals surface area contributed by atoms with E-state index in [0.717, 1.165) is 33.0 Å². The number of benzene rings is 2. The second kappa shape index (κ2) is 8.52. The van der Waals surface area contributed by atoms with Gasteiger partial charge in [-0.25, -0.2) is 9.67 Å². The number of carbonyl (C=O) groups is 1. The van der Waals surface area contributed by atoms with E-state index in [1.54, 1.807) is 36.4 Å². The average Bonchev–Trinajstić information content (AvgIpc) is 3.60. The fourth-order valence-corrected chi connectivity index (χ4v) is 5.32. The van der Waals surface area contributed by atoms with E-state index in [4.69, 9.17) is 0 Å². The van der Waals surface area contributed by atoms with E-state index in [2.05, 4.69) is 27.5 Å². The Balaban J connectivity index is 1.40. The van der Waals surface area contributed by atoms with Crippen LogP contribution in [0.1, 0.15) is 18.0 Å². The van der Waals surface area contributed by atoms with Crippen molar-refractivity contribution in [2.24, 2.45) is 7.05 Å². The first kappa shape index (κ1) is 21.3. The van der Waals surface area contributed by atoms with Crippen LogP contribution in [0.15, 0.2) is 89.4 Å². The molecule has 0 saturated carbocycles. The van der Waals surface area contributed by atoms with Crippen LogP contribution in [-0.4, -0.2) is 31.3 Å². The van der Waals surface area contributed by atoms with E-state index in [1.165, 1.54) is 22.0 Å². The van der Waals surface area contributed by atoms with Gasteiger partial charge in [-0.15, -0.1) is 11.3 Å². The number of carbonyl (C=O) groups excluding carboxylic acids is 1. The Kier molecular flexibility index (Phi) is 5.18. The van der Waals surface area contributed by atoms with Gasteiger partial charge < -0.3 is 14.8 Å². The molecule has 0 radical (unpaired) electrons. The molecule has 174 valence electrons. The molecule has 0 aliphatic carbocycles. The second-order valence-electron chi connectivity index (χ2n) is 8.55. The van der Waals surface area contributed by atoms with Crippen LogP contribution < -0.4 is 15.8 Å². The van der Waals surface area contributed by atoms with Crippen molar-refractivity contribution in [3.8, 4) is 5.69 Å². The highest BCUT2D eigenvalue weighted by molar-refractivity contribution is 7.13. The molecule has 9 heteroatoms. The van der Waals surface area contributed by atoms with Crippen molar-refractivity contribution >= 4 is 39.0 Å². The normalized spacial score (nSPS) is 17.9. The summed E-state index contributed by atoms with van der Waals surface area (Å²) in [6.07, 6.45) is 5.67. The molecule has 35 heavy (non-hydrogen) atoms. The van der Waals surface area contributed by atoms with E-state index in [9.17, 15) is 9.59 Å². The van der Waals surface area contributed by atoms with Gasteiger partial charge in [-0.2, -0.15) is 5.10 Å². The lowest BCUT2D eigenvalue weighted by atomic mass is 9.99. The van der Waals surface area contributed by atoms with Gasteiger partial charge in [0.25, 0.3) is 0 Å². The van der Waals surface area contributed by atoms with Gasteiger partial charge in [0.15, 0.2) is 5.13 Å². The van der Waals surface area contributed by atoms with Gasteiger partial charge >= 0.3 is 0 Å². The molecule has 8 nitrogen and oxygen atoms in total. The highest BCUT2D eigenvalue weighted by atomic mass is 32.1. The summed E-state index contributed by atoms with van der Waals surface area (Å²) < 4.78 is 3.33. The fraction of sp³-hybridized carbons (Fsp3) is 0.154. The number of fused-ring (bicyclic) bond motifs is 1. The molecule has 3 aromatic heterocycles. The minimum Gasteiger partial charge on any atom is -0.356 e. The number of pyridine rings is 1. The van der Waals surface area contributed by atoms with Crippen molar-refractivity contribution in [1.29, 1.82) is 0 Å². The van der Waals surface area contributed by atoms with Crippen molar-refractivity contribution in [3.05, 3.63) is 101 Å². The summed E-state index contributed by atoms with van der Waals surface area (Å²) in [7, 11) is 1.72. The maximum atomic E-state index is 13.3. The quantitative estimate of drug-likeness (QED) is 0.407. The number of thiazole rings is 1. The van der Waals surface area contributed by atoms with Gasteiger partial charge in [-0.1, -0.05) is 30.3 Å². The highest BCUT2D eigenvalue weighted by Crippen LogP contribution is 2.40. The summed E-state index contributed by atoms with van der Waals surface area (Å²) >= 11 is 1.53. The van der Waals surface area contributed by atoms with Gasteiger partial charge in [-0.05, 0) is 29.8 Å². The summed E-state index contributed by atoms with van der Waals surface area (Å²) in [5.41, 5.74) is 3.50. The Bertz CT molecular complexity index is 1570. The smallest absolute Gasteiger partial charge is 0.250 e. The molecule has 5 aromatic rings. The van der Waals surface area contributed by atoms with Crippen LogP contribution in [0.3, 0.4) is 0 Å². The third kappa shape index (κ3) is 3.79. The van der Waals surface area contributed by atoms with E-state index in [1.807, 2.05) is 46.7 Å². The molecule has 2 unspecified atom stereocenters. The lowest BCUT2D eigenvalue weighted by Gasteiger charge is -2.29. The molecule has 0 bridgehead atoms. The van der Waals surface area contributed by atoms with Crippen LogP contribution >= 0.6 is 11.3 Å². The van der Waals surface area contributed by atoms with Crippen molar-refractivity contribution in [3.63, 3.8) is 0 Å². The lowest BCUT2D eigenvalue weighted by Crippen LogP contribution is -2.32. The van der Waals surface area contributed by atoms with Crippen LogP contribution in [-0.2, 0) is 11.8 Å². The number of rotatable bonds is 5. The molecule has 1 N–H and O–H groups in total. The Morgan fingerprint density at radius 3 is 2.63 bits per heavy atom. The number of nitrogens with zero attached hydrogens (tertiary/aromatic N) is 5. The number of hydrogen-bond donors (Lipinski definition) is 1. The molecule has 2 atom stereocenters. The number of hydrogen-bond acceptors (Lipinski definition) is 6. The van der Waals surface area contributed by atoms with E-state index < -0.39 is 0 Å². The molecule has 1 saturated heterocycles. The first-order valence-corrected chi connectivity index (χ1v) is 12.1. The zero-order chi connectivity index (χ0) is 23.9. The minimum absolute atomic E-state index is 0.0534. The molecule has 6 rings (SSSR count). The number of aromatic nitrogens is 4. The summed E-state index contributed by atoms with van der Waals surface area (Å²) in [5, 5.41) is 11.7. The zero-order valence-electron chi connectivity index (χ0n) is 18.9. The topological polar surface area (TPSA) is 85.1 Å². The monoisotopic (exact) mass is 482 g/mol. The Morgan fingerprint density at radius 2 is 1.86 bits per heavy atom. The van der Waals surface area contributed by atoms with Gasteiger partial charge in [-0.3, -0.25) is 9.59 Å². The Hall–Kier alpha value is -4.24. The number of amides is 1. The third-order valence-corrected chi connectivity index (χ3v) is 7.05. The van der Waals surface area contributed by atoms with Crippen LogP contribution in [0.25, 0.3) is 16.6 Å². The summed E-state index contributed by atoms with van der Waals surface area (Å²) in [5.74, 6) is 0.0534. The van der Waals surface area contributed by atoms with Gasteiger partial charge in [0.05, 0.1) is 29.5 Å². The third-order valence-electron chi connectivity index (χ3n) is 6.35. The van der Waals surface area contributed by atoms with Gasteiger partial charge in [0, 0.05) is 48.4 Å². The molecule has 1 fully saturated rings.